The highest BCUT2D eigenvalue weighted by Crippen LogP contribution is 2.22. The molecule has 1 amide bonds. The van der Waals surface area contributed by atoms with Crippen LogP contribution >= 0.6 is 11.8 Å². The molecule has 1 atom stereocenters. The van der Waals surface area contributed by atoms with Crippen LogP contribution in [0.25, 0.3) is 0 Å². The maximum absolute atomic E-state index is 12.3. The number of thioether (sulfide) groups is 1. The molecule has 0 fully saturated rings. The third kappa shape index (κ3) is 4.52. The second-order valence-corrected chi connectivity index (χ2v) is 6.39. The molecule has 3 nitrogen and oxygen atoms in total. The number of carbonyl (C=O) groups is 1. The first-order valence-corrected chi connectivity index (χ1v) is 8.98. The van der Waals surface area contributed by atoms with Crippen molar-refractivity contribution in [2.45, 2.75) is 11.8 Å². The Morgan fingerprint density at radius 2 is 1.67 bits per heavy atom. The number of nitrogens with one attached hydrogen (secondary N) is 1. The Bertz CT molecular complexity index is 742. The van der Waals surface area contributed by atoms with E-state index in [9.17, 15) is 4.79 Å². The van der Waals surface area contributed by atoms with Crippen molar-refractivity contribution in [3.8, 4) is 0 Å². The van der Waals surface area contributed by atoms with E-state index < -0.39 is 0 Å². The van der Waals surface area contributed by atoms with E-state index in [0.717, 1.165) is 17.1 Å². The zero-order valence-corrected chi connectivity index (χ0v) is 14.0. The Morgan fingerprint density at radius 3 is 2.33 bits per heavy atom. The number of rotatable bonds is 7. The summed E-state index contributed by atoms with van der Waals surface area (Å²) in [5.74, 6) is 1.98. The minimum Gasteiger partial charge on any atom is -0.467 e. The van der Waals surface area contributed by atoms with Gasteiger partial charge in [0.2, 0.25) is 5.91 Å². The Balaban J connectivity index is 1.59. The highest BCUT2D eigenvalue weighted by molar-refractivity contribution is 7.99. The summed E-state index contributed by atoms with van der Waals surface area (Å²) < 4.78 is 5.50. The average Bonchev–Trinajstić information content (AvgIpc) is 3.16. The maximum Gasteiger partial charge on any atom is 0.230 e. The van der Waals surface area contributed by atoms with Gasteiger partial charge in [-0.2, -0.15) is 0 Å². The van der Waals surface area contributed by atoms with Crippen LogP contribution < -0.4 is 5.32 Å². The molecule has 1 aromatic heterocycles. The fourth-order valence-electron chi connectivity index (χ4n) is 2.46. The van der Waals surface area contributed by atoms with E-state index in [1.54, 1.807) is 18.0 Å². The van der Waals surface area contributed by atoms with Crippen molar-refractivity contribution < 1.29 is 9.21 Å². The predicted octanol–water partition coefficient (Wildman–Crippen LogP) is 4.42. The number of furan rings is 1. The van der Waals surface area contributed by atoms with Crippen molar-refractivity contribution >= 4 is 17.7 Å². The molecule has 0 saturated heterocycles. The van der Waals surface area contributed by atoms with E-state index in [1.807, 2.05) is 60.7 Å². The third-order valence-electron chi connectivity index (χ3n) is 3.61. The minimum absolute atomic E-state index is 0.00110. The smallest absolute Gasteiger partial charge is 0.230 e. The molecule has 2 aromatic carbocycles. The zero-order chi connectivity index (χ0) is 16.6. The van der Waals surface area contributed by atoms with Crippen LogP contribution in [0.2, 0.25) is 0 Å². The summed E-state index contributed by atoms with van der Waals surface area (Å²) in [5.41, 5.74) is 2.23. The predicted molar refractivity (Wildman–Crippen MR) is 97.7 cm³/mol. The molecule has 0 aliphatic rings. The SMILES string of the molecule is O=C(CSCc1ccccc1)N[C@@H](c1ccccc1)c1ccco1. The molecule has 24 heavy (non-hydrogen) atoms. The number of hydrogen-bond acceptors (Lipinski definition) is 3. The topological polar surface area (TPSA) is 42.2 Å². The van der Waals surface area contributed by atoms with Crippen LogP contribution in [0, 0.1) is 0 Å². The van der Waals surface area contributed by atoms with E-state index in [1.165, 1.54) is 5.56 Å². The van der Waals surface area contributed by atoms with Gasteiger partial charge < -0.3 is 9.73 Å². The van der Waals surface area contributed by atoms with Gasteiger partial charge >= 0.3 is 0 Å². The van der Waals surface area contributed by atoms with Gasteiger partial charge in [-0.25, -0.2) is 0 Å². The minimum atomic E-state index is -0.258. The summed E-state index contributed by atoms with van der Waals surface area (Å²) in [4.78, 5) is 12.3. The standard InChI is InChI=1S/C20H19NO2S/c22-19(15-24-14-16-8-3-1-4-9-16)21-20(18-12-7-13-23-18)17-10-5-2-6-11-17/h1-13,20H,14-15H2,(H,21,22)/t20-/m0/s1. The van der Waals surface area contributed by atoms with Crippen molar-refractivity contribution in [1.29, 1.82) is 0 Å². The first-order valence-electron chi connectivity index (χ1n) is 7.82. The van der Waals surface area contributed by atoms with Gasteiger partial charge in [-0.15, -0.1) is 11.8 Å². The molecule has 0 spiro atoms. The van der Waals surface area contributed by atoms with Crippen LogP contribution in [0.3, 0.4) is 0 Å². The summed E-state index contributed by atoms with van der Waals surface area (Å²) in [6.07, 6.45) is 1.63. The van der Waals surface area contributed by atoms with Crippen LogP contribution in [-0.2, 0) is 10.5 Å². The van der Waals surface area contributed by atoms with Crippen LogP contribution in [0.5, 0.6) is 0 Å². The molecule has 0 aliphatic heterocycles. The highest BCUT2D eigenvalue weighted by Gasteiger charge is 2.19. The van der Waals surface area contributed by atoms with E-state index in [2.05, 4.69) is 17.4 Å². The molecule has 0 aliphatic carbocycles. The Hall–Kier alpha value is -2.46. The molecular formula is C20H19NO2S. The maximum atomic E-state index is 12.3. The molecule has 3 rings (SSSR count). The van der Waals surface area contributed by atoms with E-state index in [-0.39, 0.29) is 11.9 Å². The van der Waals surface area contributed by atoms with Crippen molar-refractivity contribution in [3.63, 3.8) is 0 Å². The quantitative estimate of drug-likeness (QED) is 0.694. The first kappa shape index (κ1) is 16.4. The normalized spacial score (nSPS) is 11.8. The van der Waals surface area contributed by atoms with Gasteiger partial charge in [-0.3, -0.25) is 4.79 Å². The van der Waals surface area contributed by atoms with Gasteiger partial charge in [-0.1, -0.05) is 60.7 Å². The van der Waals surface area contributed by atoms with E-state index >= 15 is 0 Å². The van der Waals surface area contributed by atoms with Crippen LogP contribution in [0.4, 0.5) is 0 Å². The summed E-state index contributed by atoms with van der Waals surface area (Å²) in [6, 6.07) is 23.5. The van der Waals surface area contributed by atoms with Gasteiger partial charge in [-0.05, 0) is 23.3 Å². The van der Waals surface area contributed by atoms with E-state index in [0.29, 0.717) is 5.75 Å². The van der Waals surface area contributed by atoms with Crippen molar-refractivity contribution in [1.82, 2.24) is 5.32 Å². The molecule has 0 saturated carbocycles. The molecule has 0 radical (unpaired) electrons. The molecule has 4 heteroatoms. The lowest BCUT2D eigenvalue weighted by Crippen LogP contribution is -2.30. The number of carbonyl (C=O) groups excluding carboxylic acids is 1. The molecule has 1 N–H and O–H groups in total. The van der Waals surface area contributed by atoms with Gasteiger partial charge in [0.1, 0.15) is 11.8 Å². The lowest BCUT2D eigenvalue weighted by atomic mass is 10.0. The molecule has 0 bridgehead atoms. The highest BCUT2D eigenvalue weighted by atomic mass is 32.2. The fourth-order valence-corrected chi connectivity index (χ4v) is 3.26. The lowest BCUT2D eigenvalue weighted by molar-refractivity contribution is -0.119. The average molecular weight is 337 g/mol. The van der Waals surface area contributed by atoms with Gasteiger partial charge in [0.05, 0.1) is 12.0 Å². The number of hydrogen-bond donors (Lipinski definition) is 1. The summed E-state index contributed by atoms with van der Waals surface area (Å²) in [6.45, 7) is 0. The summed E-state index contributed by atoms with van der Waals surface area (Å²) in [7, 11) is 0. The van der Waals surface area contributed by atoms with Crippen molar-refractivity contribution in [2.75, 3.05) is 5.75 Å². The molecule has 122 valence electrons. The summed E-state index contributed by atoms with van der Waals surface area (Å²) >= 11 is 1.61. The second-order valence-electron chi connectivity index (χ2n) is 5.41. The number of benzene rings is 2. The van der Waals surface area contributed by atoms with Crippen molar-refractivity contribution in [3.05, 3.63) is 95.9 Å². The second kappa shape index (κ2) is 8.41. The monoisotopic (exact) mass is 337 g/mol. The summed E-state index contributed by atoms with van der Waals surface area (Å²) in [5, 5.41) is 3.07. The zero-order valence-electron chi connectivity index (χ0n) is 13.2. The molecule has 1 heterocycles. The van der Waals surface area contributed by atoms with Crippen LogP contribution in [0.1, 0.15) is 22.9 Å². The first-order chi connectivity index (χ1) is 11.8. The van der Waals surface area contributed by atoms with Gasteiger partial charge in [0.25, 0.3) is 0 Å². The Kier molecular flexibility index (Phi) is 5.75. The lowest BCUT2D eigenvalue weighted by Gasteiger charge is -2.17. The number of amides is 1. The Labute approximate surface area is 146 Å². The molecular weight excluding hydrogens is 318 g/mol. The van der Waals surface area contributed by atoms with Gasteiger partial charge in [0.15, 0.2) is 0 Å². The van der Waals surface area contributed by atoms with Crippen LogP contribution in [-0.4, -0.2) is 11.7 Å². The van der Waals surface area contributed by atoms with Crippen LogP contribution in [0.15, 0.2) is 83.5 Å². The Morgan fingerprint density at radius 1 is 0.958 bits per heavy atom. The van der Waals surface area contributed by atoms with E-state index in [4.69, 9.17) is 4.42 Å². The largest absolute Gasteiger partial charge is 0.467 e. The fraction of sp³-hybridized carbons (Fsp3) is 0.150. The van der Waals surface area contributed by atoms with Gasteiger partial charge in [0, 0.05) is 5.75 Å². The molecule has 3 aromatic rings. The van der Waals surface area contributed by atoms with Crippen molar-refractivity contribution in [2.24, 2.45) is 0 Å². The third-order valence-corrected chi connectivity index (χ3v) is 4.61. The molecule has 0 unspecified atom stereocenters.